The number of piperidine rings is 1. The molecular weight excluding hydrogens is 405 g/mol. The number of hydrogen-bond donors (Lipinski definition) is 1. The Morgan fingerprint density at radius 3 is 2.17 bits per heavy atom. The summed E-state index contributed by atoms with van der Waals surface area (Å²) in [4.78, 5) is 14.5. The Balaban J connectivity index is 1.48. The fourth-order valence-corrected chi connectivity index (χ4v) is 5.09. The zero-order valence-corrected chi connectivity index (χ0v) is 18.2. The van der Waals surface area contributed by atoms with Gasteiger partial charge < -0.3 is 10.2 Å². The number of carbonyl (C=O) groups is 1. The quantitative estimate of drug-likeness (QED) is 0.729. The smallest absolute Gasteiger partial charge is 0.223 e. The lowest BCUT2D eigenvalue weighted by atomic mass is 9.97. The van der Waals surface area contributed by atoms with Crippen molar-refractivity contribution in [3.63, 3.8) is 0 Å². The number of amides is 1. The Hall–Kier alpha value is -2.45. The zero-order chi connectivity index (χ0) is 21.7. The third-order valence-electron chi connectivity index (χ3n) is 5.40. The number of halogens is 1. The van der Waals surface area contributed by atoms with Crippen LogP contribution in [0.15, 0.2) is 48.5 Å². The lowest BCUT2D eigenvalue weighted by Crippen LogP contribution is -2.43. The molecule has 0 aliphatic carbocycles. The van der Waals surface area contributed by atoms with Gasteiger partial charge in [-0.2, -0.15) is 0 Å². The number of anilines is 1. The summed E-state index contributed by atoms with van der Waals surface area (Å²) in [6.07, 6.45) is 0.988. The van der Waals surface area contributed by atoms with E-state index in [0.717, 1.165) is 11.3 Å². The van der Waals surface area contributed by atoms with Gasteiger partial charge >= 0.3 is 0 Å². The number of benzene rings is 2. The molecular formula is C22H28FN3O3S. The second kappa shape index (κ2) is 9.57. The molecule has 162 valence electrons. The summed E-state index contributed by atoms with van der Waals surface area (Å²) in [6, 6.07) is 13.5. The lowest BCUT2D eigenvalue weighted by molar-refractivity contribution is -0.126. The first kappa shape index (κ1) is 22.2. The first-order valence-electron chi connectivity index (χ1n) is 10.0. The van der Waals surface area contributed by atoms with Gasteiger partial charge in [-0.15, -0.1) is 0 Å². The molecule has 0 radical (unpaired) electrons. The molecule has 6 nitrogen and oxygen atoms in total. The molecule has 0 saturated carbocycles. The van der Waals surface area contributed by atoms with E-state index in [0.29, 0.717) is 38.0 Å². The average molecular weight is 434 g/mol. The van der Waals surface area contributed by atoms with Crippen molar-refractivity contribution in [3.8, 4) is 0 Å². The van der Waals surface area contributed by atoms with Gasteiger partial charge in [0.1, 0.15) is 5.82 Å². The lowest BCUT2D eigenvalue weighted by Gasteiger charge is -2.30. The topological polar surface area (TPSA) is 69.7 Å². The van der Waals surface area contributed by atoms with Crippen LogP contribution in [0, 0.1) is 11.7 Å². The summed E-state index contributed by atoms with van der Waals surface area (Å²) in [7, 11) is 0.461. The van der Waals surface area contributed by atoms with Crippen LogP contribution in [0.2, 0.25) is 0 Å². The highest BCUT2D eigenvalue weighted by Gasteiger charge is 2.31. The van der Waals surface area contributed by atoms with Crippen LogP contribution in [0.4, 0.5) is 10.1 Å². The predicted octanol–water partition coefficient (Wildman–Crippen LogP) is 2.75. The molecule has 1 heterocycles. The van der Waals surface area contributed by atoms with Gasteiger partial charge in [0.15, 0.2) is 0 Å². The summed E-state index contributed by atoms with van der Waals surface area (Å²) in [5.41, 5.74) is 2.67. The van der Waals surface area contributed by atoms with Crippen molar-refractivity contribution in [2.24, 2.45) is 5.92 Å². The number of rotatable bonds is 7. The van der Waals surface area contributed by atoms with Gasteiger partial charge in [0.25, 0.3) is 0 Å². The minimum absolute atomic E-state index is 0.0396. The van der Waals surface area contributed by atoms with E-state index in [-0.39, 0.29) is 17.6 Å². The Morgan fingerprint density at radius 2 is 1.60 bits per heavy atom. The Kier molecular flexibility index (Phi) is 7.10. The van der Waals surface area contributed by atoms with E-state index in [2.05, 4.69) is 5.32 Å². The molecule has 30 heavy (non-hydrogen) atoms. The average Bonchev–Trinajstić information content (AvgIpc) is 2.74. The summed E-state index contributed by atoms with van der Waals surface area (Å²) >= 11 is 0. The second-order valence-corrected chi connectivity index (χ2v) is 9.80. The highest BCUT2D eigenvalue weighted by molar-refractivity contribution is 7.88. The van der Waals surface area contributed by atoms with Crippen molar-refractivity contribution in [1.82, 2.24) is 9.62 Å². The molecule has 0 spiro atoms. The highest BCUT2D eigenvalue weighted by atomic mass is 32.2. The first-order valence-corrected chi connectivity index (χ1v) is 11.6. The minimum Gasteiger partial charge on any atom is -0.378 e. The molecule has 0 bridgehead atoms. The fraction of sp³-hybridized carbons (Fsp3) is 0.409. The predicted molar refractivity (Wildman–Crippen MR) is 116 cm³/mol. The van der Waals surface area contributed by atoms with Gasteiger partial charge in [0.05, 0.1) is 5.75 Å². The molecule has 1 amide bonds. The molecule has 1 saturated heterocycles. The van der Waals surface area contributed by atoms with Crippen LogP contribution in [0.3, 0.4) is 0 Å². The summed E-state index contributed by atoms with van der Waals surface area (Å²) in [6.45, 7) is 1.09. The number of carbonyl (C=O) groups excluding carboxylic acids is 1. The van der Waals surface area contributed by atoms with Crippen LogP contribution in [-0.2, 0) is 27.1 Å². The third kappa shape index (κ3) is 5.79. The van der Waals surface area contributed by atoms with E-state index in [9.17, 15) is 17.6 Å². The van der Waals surface area contributed by atoms with Gasteiger partial charge in [-0.25, -0.2) is 17.1 Å². The molecule has 8 heteroatoms. The van der Waals surface area contributed by atoms with Crippen molar-refractivity contribution in [2.45, 2.75) is 25.1 Å². The van der Waals surface area contributed by atoms with E-state index in [1.54, 1.807) is 0 Å². The molecule has 1 aliphatic heterocycles. The SMILES string of the molecule is CN(C)c1ccc(CNC(=O)C2CCN(S(=O)(=O)Cc3ccc(F)cc3)CC2)cc1. The van der Waals surface area contributed by atoms with Gasteiger partial charge in [0, 0.05) is 45.3 Å². The number of nitrogens with one attached hydrogen (secondary N) is 1. The van der Waals surface area contributed by atoms with Crippen LogP contribution in [0.5, 0.6) is 0 Å². The maximum Gasteiger partial charge on any atom is 0.223 e. The normalized spacial score (nSPS) is 15.7. The van der Waals surface area contributed by atoms with Gasteiger partial charge in [0.2, 0.25) is 15.9 Å². The number of nitrogens with zero attached hydrogens (tertiary/aromatic N) is 2. The minimum atomic E-state index is -3.49. The Morgan fingerprint density at radius 1 is 1.03 bits per heavy atom. The molecule has 1 N–H and O–H groups in total. The van der Waals surface area contributed by atoms with E-state index in [4.69, 9.17) is 0 Å². The molecule has 0 aromatic heterocycles. The van der Waals surface area contributed by atoms with Crippen LogP contribution < -0.4 is 10.2 Å². The van der Waals surface area contributed by atoms with Crippen molar-refractivity contribution in [2.75, 3.05) is 32.1 Å². The third-order valence-corrected chi connectivity index (χ3v) is 7.25. The Bertz CT molecular complexity index is 952. The van der Waals surface area contributed by atoms with E-state index in [1.165, 1.54) is 28.6 Å². The maximum atomic E-state index is 13.0. The molecule has 2 aromatic rings. The number of hydrogen-bond acceptors (Lipinski definition) is 4. The van der Waals surface area contributed by atoms with Crippen molar-refractivity contribution in [1.29, 1.82) is 0 Å². The van der Waals surface area contributed by atoms with Gasteiger partial charge in [-0.3, -0.25) is 4.79 Å². The zero-order valence-electron chi connectivity index (χ0n) is 17.3. The molecule has 1 fully saturated rings. The maximum absolute atomic E-state index is 13.0. The van der Waals surface area contributed by atoms with Crippen molar-refractivity contribution < 1.29 is 17.6 Å². The summed E-state index contributed by atoms with van der Waals surface area (Å²) in [5, 5.41) is 2.96. The van der Waals surface area contributed by atoms with Crippen LogP contribution in [0.1, 0.15) is 24.0 Å². The van der Waals surface area contributed by atoms with Crippen LogP contribution in [0.25, 0.3) is 0 Å². The molecule has 1 aliphatic rings. The molecule has 0 unspecified atom stereocenters. The van der Waals surface area contributed by atoms with Crippen LogP contribution in [-0.4, -0.2) is 45.8 Å². The molecule has 2 aromatic carbocycles. The van der Waals surface area contributed by atoms with Crippen LogP contribution >= 0.6 is 0 Å². The van der Waals surface area contributed by atoms with Gasteiger partial charge in [-0.1, -0.05) is 24.3 Å². The fourth-order valence-electron chi connectivity index (χ4n) is 3.52. The van der Waals surface area contributed by atoms with E-state index < -0.39 is 15.8 Å². The summed E-state index contributed by atoms with van der Waals surface area (Å²) < 4.78 is 39.7. The highest BCUT2D eigenvalue weighted by Crippen LogP contribution is 2.22. The van der Waals surface area contributed by atoms with Gasteiger partial charge in [-0.05, 0) is 48.2 Å². The van der Waals surface area contributed by atoms with E-state index >= 15 is 0 Å². The standard InChI is InChI=1S/C22H28FN3O3S/c1-25(2)21-9-5-17(6-10-21)15-24-22(27)19-11-13-26(14-12-19)30(28,29)16-18-3-7-20(23)8-4-18/h3-10,19H,11-16H2,1-2H3,(H,24,27). The second-order valence-electron chi connectivity index (χ2n) is 7.83. The van der Waals surface area contributed by atoms with E-state index in [1.807, 2.05) is 43.3 Å². The number of sulfonamides is 1. The Labute approximate surface area is 177 Å². The largest absolute Gasteiger partial charge is 0.378 e. The van der Waals surface area contributed by atoms with Crippen molar-refractivity contribution in [3.05, 3.63) is 65.5 Å². The van der Waals surface area contributed by atoms with Crippen molar-refractivity contribution >= 4 is 21.6 Å². The molecule has 0 atom stereocenters. The summed E-state index contributed by atoms with van der Waals surface area (Å²) in [5.74, 6) is -0.783. The monoisotopic (exact) mass is 433 g/mol. The molecule has 3 rings (SSSR count). The first-order chi connectivity index (χ1) is 14.2.